The third-order valence-corrected chi connectivity index (χ3v) is 8.70. The number of nitrogens with two attached hydrogens (primary N) is 1. The number of amides is 1. The lowest BCUT2D eigenvalue weighted by atomic mass is 9.49. The number of carbonyl (C=O) groups excluding carboxylic acids is 5. The van der Waals surface area contributed by atoms with E-state index in [2.05, 4.69) is 13.8 Å². The molecular formula is C28H36N2O8. The summed E-state index contributed by atoms with van der Waals surface area (Å²) in [6.07, 6.45) is 1.39. The summed E-state index contributed by atoms with van der Waals surface area (Å²) in [6.45, 7) is 4.20. The molecule has 3 aliphatic carbocycles. The maximum atomic E-state index is 14.0. The van der Waals surface area contributed by atoms with Gasteiger partial charge < -0.3 is 21.1 Å². The highest BCUT2D eigenvalue weighted by Crippen LogP contribution is 2.55. The van der Waals surface area contributed by atoms with Gasteiger partial charge in [-0.15, -0.1) is 0 Å². The van der Waals surface area contributed by atoms with Gasteiger partial charge in [-0.2, -0.15) is 0 Å². The number of primary amides is 1. The minimum atomic E-state index is -2.98. The zero-order chi connectivity index (χ0) is 28.3. The molecule has 3 unspecified atom stereocenters. The first-order valence-corrected chi connectivity index (χ1v) is 13.1. The van der Waals surface area contributed by atoms with Crippen molar-refractivity contribution < 1.29 is 39.3 Å². The van der Waals surface area contributed by atoms with Crippen molar-refractivity contribution in [3.8, 4) is 5.75 Å². The number of aliphatic hydroxyl groups excluding tert-OH is 1. The van der Waals surface area contributed by atoms with Gasteiger partial charge in [0.1, 0.15) is 5.75 Å². The Bertz CT molecular complexity index is 1190. The number of benzene rings is 1. The van der Waals surface area contributed by atoms with Crippen LogP contribution in [0, 0.1) is 29.6 Å². The molecule has 1 aromatic rings. The maximum Gasteiger partial charge on any atom is 0.235 e. The number of phenolic OH excluding ortho intramolecular Hbond substituents is 1. The molecule has 0 heterocycles. The first kappa shape index (κ1) is 28.1. The first-order valence-electron chi connectivity index (χ1n) is 13.1. The van der Waals surface area contributed by atoms with Crippen molar-refractivity contribution in [3.05, 3.63) is 29.3 Å². The van der Waals surface area contributed by atoms with E-state index in [1.807, 2.05) is 0 Å². The molecule has 38 heavy (non-hydrogen) atoms. The second-order valence-corrected chi connectivity index (χ2v) is 11.6. The van der Waals surface area contributed by atoms with E-state index in [1.54, 1.807) is 12.1 Å². The molecule has 0 saturated heterocycles. The molecule has 0 spiro atoms. The van der Waals surface area contributed by atoms with Gasteiger partial charge in [0.05, 0.1) is 29.5 Å². The van der Waals surface area contributed by atoms with Crippen molar-refractivity contribution >= 4 is 29.0 Å². The molecule has 10 heteroatoms. The van der Waals surface area contributed by atoms with Gasteiger partial charge in [-0.25, -0.2) is 0 Å². The van der Waals surface area contributed by atoms with Crippen LogP contribution in [-0.4, -0.2) is 81.1 Å². The summed E-state index contributed by atoms with van der Waals surface area (Å²) in [5.41, 5.74) is 2.78. The van der Waals surface area contributed by atoms with Gasteiger partial charge in [-0.3, -0.25) is 28.9 Å². The summed E-state index contributed by atoms with van der Waals surface area (Å²) >= 11 is 0. The van der Waals surface area contributed by atoms with Gasteiger partial charge in [-0.1, -0.05) is 45.2 Å². The molecule has 2 fully saturated rings. The third-order valence-electron chi connectivity index (χ3n) is 8.70. The smallest absolute Gasteiger partial charge is 0.235 e. The Morgan fingerprint density at radius 1 is 1.11 bits per heavy atom. The lowest BCUT2D eigenvalue weighted by Gasteiger charge is -2.56. The normalized spacial score (nSPS) is 34.8. The van der Waals surface area contributed by atoms with Gasteiger partial charge in [0, 0.05) is 5.92 Å². The number of fused-ring (bicyclic) bond motifs is 3. The van der Waals surface area contributed by atoms with E-state index in [0.29, 0.717) is 24.3 Å². The molecule has 4 rings (SSSR count). The predicted octanol–water partition coefficient (Wildman–Crippen LogP) is 0.595. The van der Waals surface area contributed by atoms with E-state index < -0.39 is 76.4 Å². The molecule has 5 N–H and O–H groups in total. The van der Waals surface area contributed by atoms with Crippen molar-refractivity contribution in [2.45, 2.75) is 63.2 Å². The minimum absolute atomic E-state index is 0.0693. The third kappa shape index (κ3) is 4.01. The number of unbranched alkanes of at least 4 members (excludes halogenated alkanes) is 1. The van der Waals surface area contributed by atoms with Crippen LogP contribution in [0.4, 0.5) is 0 Å². The Balaban J connectivity index is 1.89. The van der Waals surface area contributed by atoms with E-state index in [9.17, 15) is 39.3 Å². The molecule has 2 saturated carbocycles. The highest BCUT2D eigenvalue weighted by atomic mass is 16.3. The fraction of sp³-hybridized carbons (Fsp3) is 0.607. The number of nitrogens with zero attached hydrogens (tertiary/aromatic N) is 1. The van der Waals surface area contributed by atoms with E-state index in [1.165, 1.54) is 25.1 Å². The number of rotatable bonds is 7. The van der Waals surface area contributed by atoms with E-state index in [4.69, 9.17) is 5.73 Å². The molecule has 0 aliphatic heterocycles. The van der Waals surface area contributed by atoms with E-state index in [0.717, 1.165) is 12.8 Å². The van der Waals surface area contributed by atoms with Crippen LogP contribution in [0.15, 0.2) is 18.2 Å². The van der Waals surface area contributed by atoms with Crippen LogP contribution in [-0.2, 0) is 19.2 Å². The van der Waals surface area contributed by atoms with Gasteiger partial charge in [0.2, 0.25) is 5.91 Å². The number of phenols is 1. The number of aliphatic hydroxyl groups is 2. The van der Waals surface area contributed by atoms with Crippen LogP contribution in [0.1, 0.15) is 61.4 Å². The predicted molar refractivity (Wildman–Crippen MR) is 135 cm³/mol. The fourth-order valence-corrected chi connectivity index (χ4v) is 7.03. The Morgan fingerprint density at radius 2 is 1.76 bits per heavy atom. The van der Waals surface area contributed by atoms with Crippen molar-refractivity contribution in [2.24, 2.45) is 35.3 Å². The monoisotopic (exact) mass is 528 g/mol. The highest BCUT2D eigenvalue weighted by molar-refractivity contribution is 6.32. The molecule has 3 aliphatic rings. The molecule has 206 valence electrons. The van der Waals surface area contributed by atoms with Crippen molar-refractivity contribution in [3.63, 3.8) is 0 Å². The summed E-state index contributed by atoms with van der Waals surface area (Å²) in [7, 11) is 2.95. The second-order valence-electron chi connectivity index (χ2n) is 11.6. The number of Topliss-reactive ketones (excluding diaryl/α,β-unsaturated/α-hetero) is 4. The number of aromatic hydroxyl groups is 1. The summed E-state index contributed by atoms with van der Waals surface area (Å²) in [6, 6.07) is 3.21. The lowest BCUT2D eigenvalue weighted by molar-refractivity contribution is -0.197. The first-order chi connectivity index (χ1) is 17.8. The number of hydrogen-bond acceptors (Lipinski definition) is 9. The zero-order valence-corrected chi connectivity index (χ0v) is 22.1. The summed E-state index contributed by atoms with van der Waals surface area (Å²) < 4.78 is 0. The quantitative estimate of drug-likeness (QED) is 0.292. The molecular weight excluding hydrogens is 492 g/mol. The van der Waals surface area contributed by atoms with Crippen LogP contribution < -0.4 is 5.73 Å². The van der Waals surface area contributed by atoms with Crippen LogP contribution in [0.25, 0.3) is 0 Å². The average molecular weight is 529 g/mol. The number of hydrogen-bond donors (Lipinski definition) is 4. The topological polar surface area (TPSA) is 175 Å². The summed E-state index contributed by atoms with van der Waals surface area (Å²) in [5.74, 6) is -12.4. The summed E-state index contributed by atoms with van der Waals surface area (Å²) in [4.78, 5) is 68.0. The molecule has 0 radical (unpaired) electrons. The Labute approximate surface area is 221 Å². The molecule has 8 atom stereocenters. The van der Waals surface area contributed by atoms with Crippen molar-refractivity contribution in [2.75, 3.05) is 14.1 Å². The molecule has 0 bridgehead atoms. The summed E-state index contributed by atoms with van der Waals surface area (Å²) in [5, 5.41) is 34.2. The number of ketones is 4. The van der Waals surface area contributed by atoms with Crippen molar-refractivity contribution in [1.29, 1.82) is 0 Å². The standard InChI is InChI=1S/C28H36N2O8/c1-12(2)8-5-6-9-14-13-10-7-11-15(31)16(13)22(32)18-17(14)23(33)20-21(30(3)4)24(34)19(27(29)37)26(36)28(20,38)25(18)35/h7,10-12,14,17-21,23,31,33,38H,5-6,8-9H2,1-4H3,(H2,29,37)/t14-,17+,18?,19?,20+,21?,23-,28-/m0/s1. The largest absolute Gasteiger partial charge is 0.507 e. The molecule has 1 amide bonds. The minimum Gasteiger partial charge on any atom is -0.507 e. The molecule has 0 aromatic heterocycles. The van der Waals surface area contributed by atoms with Gasteiger partial charge in [0.25, 0.3) is 0 Å². The Hall–Kier alpha value is -2.95. The van der Waals surface area contributed by atoms with Gasteiger partial charge in [-0.05, 0) is 44.0 Å². The lowest BCUT2D eigenvalue weighted by Crippen LogP contribution is -2.77. The molecule has 1 aromatic carbocycles. The number of carbonyl (C=O) groups is 5. The van der Waals surface area contributed by atoms with E-state index >= 15 is 0 Å². The SMILES string of the molecule is CC(C)CCCC[C@H]1c2cccc(O)c2C(=O)C2C(=O)[C@]3(O)C(=O)C(C(N)=O)C(=O)C(N(C)C)[C@@H]3[C@@H](O)[C@@H]21. The van der Waals surface area contributed by atoms with Crippen molar-refractivity contribution in [1.82, 2.24) is 4.90 Å². The Morgan fingerprint density at radius 3 is 2.34 bits per heavy atom. The highest BCUT2D eigenvalue weighted by Gasteiger charge is 2.73. The number of likely N-dealkylation sites (N-methyl/N-ethyl adjacent to an activating group) is 1. The zero-order valence-electron chi connectivity index (χ0n) is 22.1. The van der Waals surface area contributed by atoms with Crippen LogP contribution in [0.3, 0.4) is 0 Å². The fourth-order valence-electron chi connectivity index (χ4n) is 7.03. The van der Waals surface area contributed by atoms with E-state index in [-0.39, 0.29) is 11.3 Å². The van der Waals surface area contributed by atoms with Crippen LogP contribution >= 0.6 is 0 Å². The Kier molecular flexibility index (Phi) is 7.37. The van der Waals surface area contributed by atoms with Gasteiger partial charge >= 0.3 is 0 Å². The van der Waals surface area contributed by atoms with Gasteiger partial charge in [0.15, 0.2) is 34.7 Å². The van der Waals surface area contributed by atoms with Crippen LogP contribution in [0.2, 0.25) is 0 Å². The second kappa shape index (κ2) is 9.98. The van der Waals surface area contributed by atoms with Crippen LogP contribution in [0.5, 0.6) is 5.75 Å². The maximum absolute atomic E-state index is 14.0. The molecule has 10 nitrogen and oxygen atoms in total. The average Bonchev–Trinajstić information content (AvgIpc) is 2.82.